The van der Waals surface area contributed by atoms with Gasteiger partial charge in [0.1, 0.15) is 5.76 Å². The molecule has 0 fully saturated rings. The van der Waals surface area contributed by atoms with E-state index < -0.39 is 0 Å². The van der Waals surface area contributed by atoms with E-state index in [4.69, 9.17) is 0 Å². The van der Waals surface area contributed by atoms with Gasteiger partial charge in [-0.3, -0.25) is 4.79 Å². The molecule has 2 aromatic rings. The van der Waals surface area contributed by atoms with Gasteiger partial charge in [0.15, 0.2) is 5.78 Å². The Morgan fingerprint density at radius 1 is 0.947 bits per heavy atom. The van der Waals surface area contributed by atoms with E-state index in [-0.39, 0.29) is 11.5 Å². The Bertz CT molecular complexity index is 835. The molecule has 2 aliphatic rings. The van der Waals surface area contributed by atoms with Gasteiger partial charge in [0.05, 0.1) is 5.57 Å². The van der Waals surface area contributed by atoms with Crippen LogP contribution >= 0.6 is 0 Å². The van der Waals surface area contributed by atoms with Crippen LogP contribution in [-0.4, -0.2) is 10.9 Å². The normalized spacial score (nSPS) is 16.6. The fourth-order valence-corrected chi connectivity index (χ4v) is 2.79. The van der Waals surface area contributed by atoms with Crippen molar-refractivity contribution in [3.05, 3.63) is 71.3 Å². The summed E-state index contributed by atoms with van der Waals surface area (Å²) >= 11 is 0. The van der Waals surface area contributed by atoms with Crippen molar-refractivity contribution in [3.63, 3.8) is 0 Å². The monoisotopic (exact) mass is 246 g/mol. The van der Waals surface area contributed by atoms with Gasteiger partial charge in [0.2, 0.25) is 0 Å². The molecule has 0 amide bonds. The summed E-state index contributed by atoms with van der Waals surface area (Å²) < 4.78 is 0. The maximum absolute atomic E-state index is 11.9. The first-order valence-electron chi connectivity index (χ1n) is 6.15. The number of benzene rings is 2. The smallest absolute Gasteiger partial charge is 0.190 e. The standard InChI is InChI=1S/C17H10O2/c18-15-7-3-6-12-13-8-10-4-1-2-5-11(10)9-14(13)17(19)16(12)15/h1-9,19H. The molecule has 0 heterocycles. The molecule has 0 aromatic heterocycles. The SMILES string of the molecule is O=C1C=CC=C2C1=C(O)c1cc3ccccc3cc12. The van der Waals surface area contributed by atoms with Crippen molar-refractivity contribution in [2.45, 2.75) is 0 Å². The maximum Gasteiger partial charge on any atom is 0.190 e. The minimum atomic E-state index is -0.129. The zero-order chi connectivity index (χ0) is 13.0. The van der Waals surface area contributed by atoms with Crippen LogP contribution in [0, 0.1) is 0 Å². The van der Waals surface area contributed by atoms with E-state index in [9.17, 15) is 9.90 Å². The number of hydrogen-bond donors (Lipinski definition) is 1. The van der Waals surface area contributed by atoms with E-state index in [0.717, 1.165) is 27.5 Å². The largest absolute Gasteiger partial charge is 0.507 e. The highest BCUT2D eigenvalue weighted by atomic mass is 16.3. The molecule has 0 atom stereocenters. The third-order valence-corrected chi connectivity index (χ3v) is 3.69. The van der Waals surface area contributed by atoms with Crippen LogP contribution < -0.4 is 0 Å². The highest BCUT2D eigenvalue weighted by Gasteiger charge is 2.31. The highest BCUT2D eigenvalue weighted by Crippen LogP contribution is 2.43. The predicted octanol–water partition coefficient (Wildman–Crippen LogP) is 3.64. The topological polar surface area (TPSA) is 37.3 Å². The average Bonchev–Trinajstić information content (AvgIpc) is 2.71. The first-order chi connectivity index (χ1) is 9.25. The number of carbonyl (C=O) groups is 1. The maximum atomic E-state index is 11.9. The molecule has 0 aliphatic heterocycles. The molecule has 90 valence electrons. The summed E-state index contributed by atoms with van der Waals surface area (Å²) in [6, 6.07) is 12.0. The molecule has 0 spiro atoms. The molecule has 0 unspecified atom stereocenters. The third-order valence-electron chi connectivity index (χ3n) is 3.69. The minimum absolute atomic E-state index is 0.0985. The number of aliphatic hydroxyl groups excluding tert-OH is 1. The van der Waals surface area contributed by atoms with E-state index in [1.165, 1.54) is 6.08 Å². The van der Waals surface area contributed by atoms with E-state index in [1.54, 1.807) is 6.08 Å². The molecule has 2 aromatic carbocycles. The number of aliphatic hydroxyl groups is 1. The van der Waals surface area contributed by atoms with Gasteiger partial charge in [-0.15, -0.1) is 0 Å². The number of hydrogen-bond acceptors (Lipinski definition) is 2. The highest BCUT2D eigenvalue weighted by molar-refractivity contribution is 6.25. The second kappa shape index (κ2) is 3.45. The second-order valence-electron chi connectivity index (χ2n) is 4.77. The quantitative estimate of drug-likeness (QED) is 0.770. The Morgan fingerprint density at radius 2 is 1.63 bits per heavy atom. The van der Waals surface area contributed by atoms with Crippen LogP contribution in [-0.2, 0) is 4.79 Å². The van der Waals surface area contributed by atoms with E-state index >= 15 is 0 Å². The number of rotatable bonds is 0. The lowest BCUT2D eigenvalue weighted by Gasteiger charge is -2.07. The third kappa shape index (κ3) is 1.28. The van der Waals surface area contributed by atoms with Crippen molar-refractivity contribution in [2.75, 3.05) is 0 Å². The van der Waals surface area contributed by atoms with Gasteiger partial charge in [-0.25, -0.2) is 0 Å². The first kappa shape index (κ1) is 10.3. The Kier molecular flexibility index (Phi) is 1.88. The van der Waals surface area contributed by atoms with Gasteiger partial charge in [-0.05, 0) is 40.1 Å². The Balaban J connectivity index is 2.10. The number of carbonyl (C=O) groups excluding carboxylic acids is 1. The van der Waals surface area contributed by atoms with Crippen molar-refractivity contribution >= 4 is 27.9 Å². The van der Waals surface area contributed by atoms with Crippen LogP contribution in [0.15, 0.2) is 60.2 Å². The van der Waals surface area contributed by atoms with Gasteiger partial charge >= 0.3 is 0 Å². The minimum Gasteiger partial charge on any atom is -0.507 e. The molecule has 0 saturated carbocycles. The fourth-order valence-electron chi connectivity index (χ4n) is 2.79. The molecule has 19 heavy (non-hydrogen) atoms. The lowest BCUT2D eigenvalue weighted by Crippen LogP contribution is -2.02. The lowest BCUT2D eigenvalue weighted by molar-refractivity contribution is -0.111. The average molecular weight is 246 g/mol. The van der Waals surface area contributed by atoms with Crippen molar-refractivity contribution in [1.29, 1.82) is 0 Å². The molecule has 0 radical (unpaired) electrons. The fraction of sp³-hybridized carbons (Fsp3) is 0. The summed E-state index contributed by atoms with van der Waals surface area (Å²) in [7, 11) is 0. The molecule has 0 bridgehead atoms. The number of allylic oxidation sites excluding steroid dienone is 5. The molecule has 2 nitrogen and oxygen atoms in total. The zero-order valence-corrected chi connectivity index (χ0v) is 10.1. The zero-order valence-electron chi connectivity index (χ0n) is 10.1. The van der Waals surface area contributed by atoms with Crippen molar-refractivity contribution in [2.24, 2.45) is 0 Å². The van der Waals surface area contributed by atoms with Gasteiger partial charge in [0, 0.05) is 5.56 Å². The predicted molar refractivity (Wildman–Crippen MR) is 75.6 cm³/mol. The van der Waals surface area contributed by atoms with Gasteiger partial charge in [-0.1, -0.05) is 36.4 Å². The summed E-state index contributed by atoms with van der Waals surface area (Å²) in [4.78, 5) is 11.9. The summed E-state index contributed by atoms with van der Waals surface area (Å²) in [5, 5.41) is 12.5. The summed E-state index contributed by atoms with van der Waals surface area (Å²) in [5.74, 6) is -0.0309. The number of ketones is 1. The van der Waals surface area contributed by atoms with E-state index in [2.05, 4.69) is 0 Å². The number of fused-ring (bicyclic) bond motifs is 4. The molecular formula is C17H10O2. The van der Waals surface area contributed by atoms with Crippen LogP contribution in [0.4, 0.5) is 0 Å². The van der Waals surface area contributed by atoms with E-state index in [1.807, 2.05) is 42.5 Å². The molecule has 4 rings (SSSR count). The van der Waals surface area contributed by atoms with Gasteiger partial charge < -0.3 is 5.11 Å². The molecule has 2 aliphatic carbocycles. The van der Waals surface area contributed by atoms with Gasteiger partial charge in [0.25, 0.3) is 0 Å². The van der Waals surface area contributed by atoms with Crippen molar-refractivity contribution < 1.29 is 9.90 Å². The molecular weight excluding hydrogens is 236 g/mol. The molecule has 1 N–H and O–H groups in total. The van der Waals surface area contributed by atoms with Crippen LogP contribution in [0.1, 0.15) is 11.1 Å². The van der Waals surface area contributed by atoms with Crippen LogP contribution in [0.2, 0.25) is 0 Å². The Labute approximate surface area is 110 Å². The first-order valence-corrected chi connectivity index (χ1v) is 6.15. The van der Waals surface area contributed by atoms with Crippen LogP contribution in [0.25, 0.3) is 22.1 Å². The van der Waals surface area contributed by atoms with Crippen LogP contribution in [0.5, 0.6) is 0 Å². The van der Waals surface area contributed by atoms with Crippen LogP contribution in [0.3, 0.4) is 0 Å². The molecule has 2 heteroatoms. The van der Waals surface area contributed by atoms with Crippen molar-refractivity contribution in [3.8, 4) is 0 Å². The summed E-state index contributed by atoms with van der Waals surface area (Å²) in [6.07, 6.45) is 5.10. The Hall–Kier alpha value is -2.61. The Morgan fingerprint density at radius 3 is 2.37 bits per heavy atom. The van der Waals surface area contributed by atoms with Gasteiger partial charge in [-0.2, -0.15) is 0 Å². The van der Waals surface area contributed by atoms with Crippen molar-refractivity contribution in [1.82, 2.24) is 0 Å². The molecule has 0 saturated heterocycles. The lowest BCUT2D eigenvalue weighted by atomic mass is 9.95. The second-order valence-corrected chi connectivity index (χ2v) is 4.77. The summed E-state index contributed by atoms with van der Waals surface area (Å²) in [5.41, 5.74) is 2.93. The van der Waals surface area contributed by atoms with E-state index in [0.29, 0.717) is 5.57 Å². The summed E-state index contributed by atoms with van der Waals surface area (Å²) in [6.45, 7) is 0.